The molecule has 1 aromatic carbocycles. The average molecular weight is 611 g/mol. The lowest BCUT2D eigenvalue weighted by molar-refractivity contribution is -0.166. The van der Waals surface area contributed by atoms with Gasteiger partial charge >= 0.3 is 13.8 Å². The first-order valence-corrected chi connectivity index (χ1v) is 14.8. The van der Waals surface area contributed by atoms with Crippen LogP contribution in [0.4, 0.5) is 5.82 Å². The second kappa shape index (κ2) is 11.5. The Bertz CT molecular complexity index is 1470. The van der Waals surface area contributed by atoms with Crippen LogP contribution in [0.1, 0.15) is 45.1 Å². The molecule has 2 aliphatic rings. The van der Waals surface area contributed by atoms with Gasteiger partial charge in [-0.25, -0.2) is 19.5 Å². The number of hydrogen-bond donors (Lipinski definition) is 3. The fraction of sp³-hybridized carbons (Fsp3) is 0.520. The summed E-state index contributed by atoms with van der Waals surface area (Å²) in [5.74, 6) is -0.851. The van der Waals surface area contributed by atoms with Crippen LogP contribution in [0.2, 0.25) is 5.02 Å². The van der Waals surface area contributed by atoms with Gasteiger partial charge in [-0.1, -0.05) is 37.6 Å². The van der Waals surface area contributed by atoms with Crippen molar-refractivity contribution in [2.24, 2.45) is 11.7 Å². The quantitative estimate of drug-likeness (QED) is 0.249. The summed E-state index contributed by atoms with van der Waals surface area (Å²) in [4.78, 5) is 25.3. The molecule has 222 valence electrons. The maximum Gasteiger partial charge on any atom is 0.475 e. The SMILES string of the molecule is CC(C)[C@H](N)C(=O)O[C@@H]1[C@@H](CO[P@@]2(=O)OCC[C@@H](c3cccc(Cl)c3)O2)O[C@@H](n2cnc3c(N)ncnc32)[C@]1(C)O. The number of aromatic nitrogens is 4. The summed E-state index contributed by atoms with van der Waals surface area (Å²) in [6.45, 7) is 4.63. The second-order valence-corrected chi connectivity index (χ2v) is 12.5. The summed E-state index contributed by atoms with van der Waals surface area (Å²) in [5.41, 5.74) is 11.4. The Kier molecular flexibility index (Phi) is 8.39. The molecule has 2 aliphatic heterocycles. The van der Waals surface area contributed by atoms with Crippen LogP contribution in [-0.4, -0.2) is 67.7 Å². The van der Waals surface area contributed by atoms with Crippen molar-refractivity contribution in [2.45, 2.75) is 63.4 Å². The number of aliphatic hydroxyl groups is 1. The van der Waals surface area contributed by atoms with Crippen molar-refractivity contribution in [1.29, 1.82) is 0 Å². The molecule has 0 aliphatic carbocycles. The van der Waals surface area contributed by atoms with Gasteiger partial charge in [-0.15, -0.1) is 0 Å². The number of benzene rings is 1. The van der Waals surface area contributed by atoms with Gasteiger partial charge in [0.15, 0.2) is 23.8 Å². The highest BCUT2D eigenvalue weighted by molar-refractivity contribution is 7.48. The Labute approximate surface area is 240 Å². The van der Waals surface area contributed by atoms with E-state index < -0.39 is 56.6 Å². The molecule has 2 aromatic heterocycles. The number of rotatable bonds is 8. The van der Waals surface area contributed by atoms with Crippen LogP contribution in [-0.2, 0) is 32.4 Å². The van der Waals surface area contributed by atoms with Crippen LogP contribution in [0.25, 0.3) is 11.2 Å². The van der Waals surface area contributed by atoms with Crippen LogP contribution in [0, 0.1) is 5.92 Å². The summed E-state index contributed by atoms with van der Waals surface area (Å²) >= 11 is 6.11. The van der Waals surface area contributed by atoms with Gasteiger partial charge in [0.2, 0.25) is 0 Å². The Morgan fingerprint density at radius 3 is 2.85 bits per heavy atom. The van der Waals surface area contributed by atoms with Gasteiger partial charge in [0, 0.05) is 11.4 Å². The molecular formula is C25H32ClN6O8P. The molecule has 0 unspecified atom stereocenters. The minimum absolute atomic E-state index is 0.101. The van der Waals surface area contributed by atoms with Crippen LogP contribution in [0.3, 0.4) is 0 Å². The zero-order valence-corrected chi connectivity index (χ0v) is 24.3. The van der Waals surface area contributed by atoms with Crippen molar-refractivity contribution in [3.05, 3.63) is 47.5 Å². The van der Waals surface area contributed by atoms with E-state index in [1.165, 1.54) is 24.1 Å². The van der Waals surface area contributed by atoms with E-state index in [-0.39, 0.29) is 24.0 Å². The van der Waals surface area contributed by atoms with E-state index in [1.807, 2.05) is 0 Å². The Morgan fingerprint density at radius 1 is 1.34 bits per heavy atom. The lowest BCUT2D eigenvalue weighted by atomic mass is 9.95. The number of phosphoric ester groups is 1. The number of ether oxygens (including phenoxy) is 2. The molecule has 16 heteroatoms. The molecule has 5 N–H and O–H groups in total. The highest BCUT2D eigenvalue weighted by atomic mass is 35.5. The molecule has 0 bridgehead atoms. The maximum absolute atomic E-state index is 13.5. The summed E-state index contributed by atoms with van der Waals surface area (Å²) < 4.78 is 43.6. The van der Waals surface area contributed by atoms with Gasteiger partial charge in [-0.2, -0.15) is 0 Å². The van der Waals surface area contributed by atoms with E-state index in [0.717, 1.165) is 0 Å². The molecule has 3 aromatic rings. The summed E-state index contributed by atoms with van der Waals surface area (Å²) in [6.07, 6.45) is -1.14. The van der Waals surface area contributed by atoms with Crippen molar-refractivity contribution in [1.82, 2.24) is 19.5 Å². The number of nitrogens with zero attached hydrogens (tertiary/aromatic N) is 4. The van der Waals surface area contributed by atoms with Crippen LogP contribution in [0.15, 0.2) is 36.9 Å². The van der Waals surface area contributed by atoms with Gasteiger partial charge in [-0.3, -0.25) is 22.9 Å². The number of esters is 1. The number of carbonyl (C=O) groups is 1. The number of phosphoric acid groups is 1. The standard InChI is InChI=1S/C25H32ClN6O8P/c1-13(2)18(27)23(33)39-20-17(10-37-41(35)36-8-7-16(40-41)14-5-4-6-15(26)9-14)38-24(25(20,3)34)32-12-31-19-21(28)29-11-30-22(19)32/h4-6,9,11-13,16-18,20,24,34H,7-8,10,27H2,1-3H3,(H2,28,29,30)/t16-,17+,18-,20+,24+,25+,41+/m0/s1. The number of carbonyl (C=O) groups excluding carboxylic acids is 1. The van der Waals surface area contributed by atoms with E-state index in [1.54, 1.807) is 38.1 Å². The highest BCUT2D eigenvalue weighted by Gasteiger charge is 2.57. The van der Waals surface area contributed by atoms with E-state index >= 15 is 0 Å². The third-order valence-electron chi connectivity index (χ3n) is 7.09. The first kappa shape index (κ1) is 29.8. The number of fused-ring (bicyclic) bond motifs is 1. The van der Waals surface area contributed by atoms with Gasteiger partial charge < -0.3 is 26.0 Å². The Hall–Kier alpha value is -2.68. The topological polar surface area (TPSA) is 196 Å². The van der Waals surface area contributed by atoms with E-state index in [9.17, 15) is 14.5 Å². The molecule has 14 nitrogen and oxygen atoms in total. The van der Waals surface area contributed by atoms with Crippen LogP contribution >= 0.6 is 19.4 Å². The Balaban J connectivity index is 1.40. The summed E-state index contributed by atoms with van der Waals surface area (Å²) in [7, 11) is -4.09. The van der Waals surface area contributed by atoms with Gasteiger partial charge in [0.25, 0.3) is 0 Å². The molecule has 0 amide bonds. The predicted molar refractivity (Wildman–Crippen MR) is 146 cm³/mol. The van der Waals surface area contributed by atoms with E-state index in [0.29, 0.717) is 22.5 Å². The van der Waals surface area contributed by atoms with Crippen molar-refractivity contribution in [2.75, 3.05) is 18.9 Å². The molecule has 0 saturated carbocycles. The third-order valence-corrected chi connectivity index (χ3v) is 8.81. The molecular weight excluding hydrogens is 579 g/mol. The minimum atomic E-state index is -4.09. The largest absolute Gasteiger partial charge is 0.475 e. The first-order valence-electron chi connectivity index (χ1n) is 13.0. The molecule has 7 atom stereocenters. The minimum Gasteiger partial charge on any atom is -0.455 e. The summed E-state index contributed by atoms with van der Waals surface area (Å²) in [5, 5.41) is 12.2. The van der Waals surface area contributed by atoms with Gasteiger partial charge in [-0.05, 0) is 30.5 Å². The molecule has 2 saturated heterocycles. The zero-order valence-electron chi connectivity index (χ0n) is 22.6. The number of nitrogens with two attached hydrogens (primary N) is 2. The first-order chi connectivity index (χ1) is 19.4. The Morgan fingerprint density at radius 2 is 2.12 bits per heavy atom. The monoisotopic (exact) mass is 610 g/mol. The second-order valence-electron chi connectivity index (χ2n) is 10.5. The normalized spacial score (nSPS) is 31.0. The number of anilines is 1. The summed E-state index contributed by atoms with van der Waals surface area (Å²) in [6, 6.07) is 6.03. The fourth-order valence-corrected chi connectivity index (χ4v) is 6.35. The number of nitrogen functional groups attached to an aromatic ring is 1. The smallest absolute Gasteiger partial charge is 0.455 e. The molecule has 0 radical (unpaired) electrons. The molecule has 4 heterocycles. The zero-order chi connectivity index (χ0) is 29.5. The maximum atomic E-state index is 13.5. The molecule has 41 heavy (non-hydrogen) atoms. The molecule has 2 fully saturated rings. The number of imidazole rings is 1. The lowest BCUT2D eigenvalue weighted by Crippen LogP contribution is -2.50. The van der Waals surface area contributed by atoms with Gasteiger partial charge in [0.05, 0.1) is 25.6 Å². The van der Waals surface area contributed by atoms with Crippen molar-refractivity contribution in [3.8, 4) is 0 Å². The lowest BCUT2D eigenvalue weighted by Gasteiger charge is -2.32. The van der Waals surface area contributed by atoms with Gasteiger partial charge in [0.1, 0.15) is 29.6 Å². The number of halogens is 1. The van der Waals surface area contributed by atoms with Crippen LogP contribution < -0.4 is 11.5 Å². The van der Waals surface area contributed by atoms with Crippen molar-refractivity contribution < 1.29 is 37.5 Å². The third kappa shape index (κ3) is 5.97. The van der Waals surface area contributed by atoms with Crippen LogP contribution in [0.5, 0.6) is 0 Å². The van der Waals surface area contributed by atoms with E-state index in [4.69, 9.17) is 46.1 Å². The molecule has 0 spiro atoms. The predicted octanol–water partition coefficient (Wildman–Crippen LogP) is 2.91. The van der Waals surface area contributed by atoms with E-state index in [2.05, 4.69) is 15.0 Å². The highest BCUT2D eigenvalue weighted by Crippen LogP contribution is 2.57. The number of hydrogen-bond acceptors (Lipinski definition) is 13. The molecule has 5 rings (SSSR count). The fourth-order valence-electron chi connectivity index (χ4n) is 4.76. The average Bonchev–Trinajstić information content (AvgIpc) is 3.46. The van der Waals surface area contributed by atoms with Crippen molar-refractivity contribution >= 4 is 42.4 Å². The van der Waals surface area contributed by atoms with Crippen molar-refractivity contribution in [3.63, 3.8) is 0 Å².